The van der Waals surface area contributed by atoms with Gasteiger partial charge in [0.25, 0.3) is 12.2 Å². The number of hydrogen-bond donors (Lipinski definition) is 1. The van der Waals surface area contributed by atoms with E-state index in [1.54, 1.807) is 60.0 Å². The van der Waals surface area contributed by atoms with Crippen molar-refractivity contribution >= 4 is 27.3 Å². The van der Waals surface area contributed by atoms with Crippen LogP contribution in [-0.4, -0.2) is 31.2 Å². The van der Waals surface area contributed by atoms with Crippen molar-refractivity contribution in [1.82, 2.24) is 4.57 Å². The number of anilines is 2. The summed E-state index contributed by atoms with van der Waals surface area (Å²) < 4.78 is 28.4. The number of nitrogens with one attached hydrogen (secondary N) is 1. The number of para-hydroxylation sites is 1. The number of aromatic nitrogens is 2. The molecule has 1 aliphatic rings. The smallest absolute Gasteiger partial charge is 0.300 e. The second-order valence-corrected chi connectivity index (χ2v) is 9.19. The van der Waals surface area contributed by atoms with Gasteiger partial charge in [0.1, 0.15) is 5.69 Å². The first-order valence-electron chi connectivity index (χ1n) is 9.65. The third-order valence-electron chi connectivity index (χ3n) is 5.14. The molecule has 1 N–H and O–H groups in total. The lowest BCUT2D eigenvalue weighted by Crippen LogP contribution is -2.37. The fourth-order valence-electron chi connectivity index (χ4n) is 3.64. The Balaban J connectivity index is 1.67. The van der Waals surface area contributed by atoms with Gasteiger partial charge < -0.3 is 10.5 Å². The summed E-state index contributed by atoms with van der Waals surface area (Å²) in [6.07, 6.45) is 2.74. The molecule has 0 aliphatic carbocycles. The van der Waals surface area contributed by atoms with Crippen LogP contribution in [0.5, 0.6) is 0 Å². The molecule has 0 saturated carbocycles. The summed E-state index contributed by atoms with van der Waals surface area (Å²) in [5, 5.41) is 15.2. The Morgan fingerprint density at radius 2 is 1.80 bits per heavy atom. The lowest BCUT2D eigenvalue weighted by molar-refractivity contribution is -0.606. The highest BCUT2D eigenvalue weighted by molar-refractivity contribution is 7.92. The van der Waals surface area contributed by atoms with Gasteiger partial charge in [-0.25, -0.2) is 13.1 Å². The maximum absolute atomic E-state index is 12.7. The largest absolute Gasteiger partial charge is 0.710 e. The van der Waals surface area contributed by atoms with E-state index in [0.717, 1.165) is 6.42 Å². The molecule has 30 heavy (non-hydrogen) atoms. The van der Waals surface area contributed by atoms with E-state index in [2.05, 4.69) is 5.32 Å². The summed E-state index contributed by atoms with van der Waals surface area (Å²) in [4.78, 5) is 12.7. The zero-order valence-electron chi connectivity index (χ0n) is 16.5. The summed E-state index contributed by atoms with van der Waals surface area (Å²) >= 11 is 0. The molecule has 9 heteroatoms. The molecule has 156 valence electrons. The monoisotopic (exact) mass is 426 g/mol. The minimum Gasteiger partial charge on any atom is -0.710 e. The summed E-state index contributed by atoms with van der Waals surface area (Å²) in [7, 11) is -3.34. The summed E-state index contributed by atoms with van der Waals surface area (Å²) in [6, 6.07) is 15.9. The van der Waals surface area contributed by atoms with Crippen LogP contribution in [-0.2, 0) is 10.0 Å². The average molecular weight is 426 g/mol. The molecule has 8 nitrogen and oxygen atoms in total. The first kappa shape index (κ1) is 20.0. The Morgan fingerprint density at radius 3 is 2.53 bits per heavy atom. The molecule has 0 atom stereocenters. The predicted molar refractivity (Wildman–Crippen MR) is 114 cm³/mol. The third-order valence-corrected chi connectivity index (χ3v) is 7.01. The van der Waals surface area contributed by atoms with Crippen LogP contribution in [0, 0.1) is 12.1 Å². The number of nitrogens with zero attached hydrogens (tertiary/aromatic N) is 3. The highest BCUT2D eigenvalue weighted by Crippen LogP contribution is 2.26. The molecule has 1 saturated heterocycles. The van der Waals surface area contributed by atoms with E-state index in [-0.39, 0.29) is 11.4 Å². The van der Waals surface area contributed by atoms with Crippen LogP contribution in [0.3, 0.4) is 0 Å². The highest BCUT2D eigenvalue weighted by atomic mass is 32.2. The van der Waals surface area contributed by atoms with Crippen molar-refractivity contribution in [2.24, 2.45) is 0 Å². The molecular formula is C21H22N4O4S. The molecule has 2 heterocycles. The second kappa shape index (κ2) is 7.83. The van der Waals surface area contributed by atoms with E-state index >= 15 is 0 Å². The standard InChI is InChI=1S/C21H22N4O4S/c1-16-20(21(26)22-17-8-3-2-4-9-17)24(27)15-23(16)18-10-7-11-19(14-18)25-12-5-6-13-30(25,28)29/h2-4,7-11,14-15H,5-6,12-13H2,1H3,(H,22,26). The van der Waals surface area contributed by atoms with Crippen LogP contribution in [0.1, 0.15) is 29.0 Å². The fourth-order valence-corrected chi connectivity index (χ4v) is 5.27. The molecular weight excluding hydrogens is 404 g/mol. The van der Waals surface area contributed by atoms with E-state index in [4.69, 9.17) is 0 Å². The number of imidazole rings is 1. The molecule has 4 rings (SSSR count). The van der Waals surface area contributed by atoms with Gasteiger partial charge >= 0.3 is 0 Å². The lowest BCUT2D eigenvalue weighted by atomic mass is 10.2. The molecule has 1 amide bonds. The molecule has 1 aliphatic heterocycles. The molecule has 0 unspecified atom stereocenters. The normalized spacial score (nSPS) is 15.7. The first-order chi connectivity index (χ1) is 14.4. The number of sulfonamides is 1. The van der Waals surface area contributed by atoms with Gasteiger partial charge in [0, 0.05) is 25.2 Å². The summed E-state index contributed by atoms with van der Waals surface area (Å²) in [5.41, 5.74) is 2.18. The number of hydrogen-bond acceptors (Lipinski definition) is 4. The van der Waals surface area contributed by atoms with Crippen molar-refractivity contribution in [3.05, 3.63) is 77.5 Å². The lowest BCUT2D eigenvalue weighted by Gasteiger charge is -2.28. The molecule has 0 radical (unpaired) electrons. The minimum atomic E-state index is -3.34. The van der Waals surface area contributed by atoms with Crippen LogP contribution in [0.25, 0.3) is 5.69 Å². The van der Waals surface area contributed by atoms with Crippen LogP contribution in [0.15, 0.2) is 60.9 Å². The van der Waals surface area contributed by atoms with Crippen molar-refractivity contribution in [1.29, 1.82) is 0 Å². The molecule has 2 aromatic carbocycles. The van der Waals surface area contributed by atoms with E-state index in [1.165, 1.54) is 10.6 Å². The first-order valence-corrected chi connectivity index (χ1v) is 11.3. The number of carbonyl (C=O) groups excluding carboxylic acids is 1. The number of carbonyl (C=O) groups is 1. The van der Waals surface area contributed by atoms with Gasteiger partial charge in [-0.2, -0.15) is 4.57 Å². The van der Waals surface area contributed by atoms with Crippen molar-refractivity contribution in [2.75, 3.05) is 21.9 Å². The van der Waals surface area contributed by atoms with E-state index < -0.39 is 15.9 Å². The molecule has 1 fully saturated rings. The van der Waals surface area contributed by atoms with Crippen LogP contribution >= 0.6 is 0 Å². The van der Waals surface area contributed by atoms with Gasteiger partial charge in [-0.3, -0.25) is 9.10 Å². The Morgan fingerprint density at radius 1 is 1.07 bits per heavy atom. The van der Waals surface area contributed by atoms with Gasteiger partial charge in [-0.15, -0.1) is 0 Å². The van der Waals surface area contributed by atoms with Gasteiger partial charge in [-0.1, -0.05) is 24.3 Å². The molecule has 0 spiro atoms. The maximum Gasteiger partial charge on any atom is 0.300 e. The van der Waals surface area contributed by atoms with Crippen LogP contribution in [0.4, 0.5) is 11.4 Å². The SMILES string of the molecule is Cc1c(C(=O)Nc2ccccc2)[n+]([O-])cn1-c1cccc(N2CCCCS2(=O)=O)c1. The van der Waals surface area contributed by atoms with Gasteiger partial charge in [-0.05, 0) is 37.1 Å². The molecule has 0 bridgehead atoms. The number of benzene rings is 2. The Kier molecular flexibility index (Phi) is 5.21. The Labute approximate surface area is 175 Å². The summed E-state index contributed by atoms with van der Waals surface area (Å²) in [6.45, 7) is 2.11. The van der Waals surface area contributed by atoms with Crippen LogP contribution in [0.2, 0.25) is 0 Å². The molecule has 3 aromatic rings. The predicted octanol–water partition coefficient (Wildman–Crippen LogP) is 2.60. The maximum atomic E-state index is 12.7. The van der Waals surface area contributed by atoms with Crippen molar-refractivity contribution in [3.63, 3.8) is 0 Å². The highest BCUT2D eigenvalue weighted by Gasteiger charge is 2.28. The minimum absolute atomic E-state index is 0.0187. The summed E-state index contributed by atoms with van der Waals surface area (Å²) in [5.74, 6) is -0.383. The van der Waals surface area contributed by atoms with Crippen molar-refractivity contribution < 1.29 is 17.9 Å². The quantitative estimate of drug-likeness (QED) is 0.512. The van der Waals surface area contributed by atoms with Gasteiger partial charge in [0.15, 0.2) is 5.69 Å². The van der Waals surface area contributed by atoms with Crippen LogP contribution < -0.4 is 14.4 Å². The fraction of sp³-hybridized carbons (Fsp3) is 0.238. The number of rotatable bonds is 4. The van der Waals surface area contributed by atoms with Crippen molar-refractivity contribution in [3.8, 4) is 5.69 Å². The van der Waals surface area contributed by atoms with Gasteiger partial charge in [0.05, 0.1) is 11.4 Å². The zero-order valence-corrected chi connectivity index (χ0v) is 17.3. The average Bonchev–Trinajstić information content (AvgIpc) is 3.02. The van der Waals surface area contributed by atoms with Crippen molar-refractivity contribution in [2.45, 2.75) is 19.8 Å². The topological polar surface area (TPSA) is 98.3 Å². The Bertz CT molecular complexity index is 1190. The molecule has 1 aromatic heterocycles. The van der Waals surface area contributed by atoms with E-state index in [9.17, 15) is 18.4 Å². The zero-order chi connectivity index (χ0) is 21.3. The van der Waals surface area contributed by atoms with E-state index in [0.29, 0.717) is 40.5 Å². The van der Waals surface area contributed by atoms with Gasteiger partial charge in [0.2, 0.25) is 15.7 Å². The Hall–Kier alpha value is -3.33. The number of amides is 1. The van der Waals surface area contributed by atoms with E-state index in [1.807, 2.05) is 6.07 Å². The second-order valence-electron chi connectivity index (χ2n) is 7.18. The third kappa shape index (κ3) is 3.76.